The highest BCUT2D eigenvalue weighted by Crippen LogP contribution is 2.01. The van der Waals surface area contributed by atoms with Gasteiger partial charge in [0.15, 0.2) is 0 Å². The summed E-state index contributed by atoms with van der Waals surface area (Å²) >= 11 is 0. The summed E-state index contributed by atoms with van der Waals surface area (Å²) in [6.07, 6.45) is 2.22. The maximum absolute atomic E-state index is 10.9. The number of carbonyl (C=O) groups excluding carboxylic acids is 1. The highest BCUT2D eigenvalue weighted by molar-refractivity contribution is 5.69. The average Bonchev–Trinajstić information content (AvgIpc) is 2.19. The maximum Gasteiger partial charge on any atom is 0.305 e. The molecule has 0 aliphatic rings. The fourth-order valence-electron chi connectivity index (χ4n) is 0.932. The first kappa shape index (κ1) is 13.6. The first-order valence-electron chi connectivity index (χ1n) is 4.80. The van der Waals surface area contributed by atoms with Crippen LogP contribution >= 0.6 is 0 Å². The topological polar surface area (TPSA) is 105 Å². The number of nitrogens with two attached hydrogens (primary N) is 1. The molecule has 0 atom stereocenters. The van der Waals surface area contributed by atoms with Crippen LogP contribution in [0.5, 0.6) is 0 Å². The molecule has 0 saturated carbocycles. The average molecular weight is 220 g/mol. The van der Waals surface area contributed by atoms with Crippen molar-refractivity contribution in [3.05, 3.63) is 10.1 Å². The standard InChI is InChI=1S/C8H16N2O5/c9-5-7-14-8(11)4-2-1-3-6-15-10(12)13/h1-7,9H2. The Morgan fingerprint density at radius 3 is 2.60 bits per heavy atom. The third kappa shape index (κ3) is 10.6. The minimum atomic E-state index is -0.824. The van der Waals surface area contributed by atoms with Crippen molar-refractivity contribution in [3.63, 3.8) is 0 Å². The van der Waals surface area contributed by atoms with E-state index in [1.165, 1.54) is 0 Å². The minimum absolute atomic E-state index is 0.0743. The molecule has 0 spiro atoms. The van der Waals surface area contributed by atoms with E-state index in [-0.39, 0.29) is 19.2 Å². The summed E-state index contributed by atoms with van der Waals surface area (Å²) in [6, 6.07) is 0. The van der Waals surface area contributed by atoms with Crippen molar-refractivity contribution >= 4 is 5.97 Å². The molecule has 0 aliphatic carbocycles. The van der Waals surface area contributed by atoms with Crippen molar-refractivity contribution in [2.75, 3.05) is 19.8 Å². The van der Waals surface area contributed by atoms with E-state index in [1.54, 1.807) is 0 Å². The Hall–Kier alpha value is -1.37. The molecule has 0 heterocycles. The van der Waals surface area contributed by atoms with Gasteiger partial charge in [0.05, 0.1) is 6.61 Å². The van der Waals surface area contributed by atoms with Crippen LogP contribution in [0.4, 0.5) is 0 Å². The first-order valence-corrected chi connectivity index (χ1v) is 4.80. The van der Waals surface area contributed by atoms with Gasteiger partial charge in [-0.15, -0.1) is 10.1 Å². The molecule has 0 bridgehead atoms. The van der Waals surface area contributed by atoms with E-state index in [0.29, 0.717) is 32.2 Å². The van der Waals surface area contributed by atoms with Gasteiger partial charge in [0, 0.05) is 13.0 Å². The zero-order valence-electron chi connectivity index (χ0n) is 8.52. The number of ether oxygens (including phenoxy) is 1. The highest BCUT2D eigenvalue weighted by atomic mass is 16.9. The third-order valence-electron chi connectivity index (χ3n) is 1.60. The molecule has 0 aromatic heterocycles. The number of unbranched alkanes of at least 4 members (excludes halogenated alkanes) is 2. The SMILES string of the molecule is NCCOC(=O)CCCCCO[N+](=O)[O-]. The van der Waals surface area contributed by atoms with Gasteiger partial charge < -0.3 is 15.3 Å². The fraction of sp³-hybridized carbons (Fsp3) is 0.875. The van der Waals surface area contributed by atoms with Gasteiger partial charge in [-0.3, -0.25) is 4.79 Å². The van der Waals surface area contributed by atoms with Gasteiger partial charge in [0.2, 0.25) is 0 Å². The van der Waals surface area contributed by atoms with Crippen molar-refractivity contribution in [1.82, 2.24) is 0 Å². The fourth-order valence-corrected chi connectivity index (χ4v) is 0.932. The van der Waals surface area contributed by atoms with Gasteiger partial charge in [0.25, 0.3) is 5.09 Å². The van der Waals surface area contributed by atoms with Gasteiger partial charge in [-0.05, 0) is 12.8 Å². The normalized spacial score (nSPS) is 9.67. The second-order valence-corrected chi connectivity index (χ2v) is 2.88. The van der Waals surface area contributed by atoms with Gasteiger partial charge >= 0.3 is 5.97 Å². The Bertz CT molecular complexity index is 197. The van der Waals surface area contributed by atoms with Crippen molar-refractivity contribution in [2.45, 2.75) is 25.7 Å². The molecule has 15 heavy (non-hydrogen) atoms. The monoisotopic (exact) mass is 220 g/mol. The maximum atomic E-state index is 10.9. The van der Waals surface area contributed by atoms with E-state index in [9.17, 15) is 14.9 Å². The minimum Gasteiger partial charge on any atom is -0.464 e. The van der Waals surface area contributed by atoms with Crippen LogP contribution in [0.15, 0.2) is 0 Å². The van der Waals surface area contributed by atoms with Crippen molar-refractivity contribution < 1.29 is 19.5 Å². The molecule has 0 aliphatic heterocycles. The lowest BCUT2D eigenvalue weighted by molar-refractivity contribution is -0.757. The van der Waals surface area contributed by atoms with Crippen LogP contribution in [0, 0.1) is 10.1 Å². The Kier molecular flexibility index (Phi) is 8.36. The molecule has 0 amide bonds. The molecule has 0 rings (SSSR count). The molecule has 0 radical (unpaired) electrons. The van der Waals surface area contributed by atoms with Crippen LogP contribution in [0.2, 0.25) is 0 Å². The number of hydrogen-bond donors (Lipinski definition) is 1. The van der Waals surface area contributed by atoms with Gasteiger partial charge in [-0.25, -0.2) is 0 Å². The zero-order chi connectivity index (χ0) is 11.5. The summed E-state index contributed by atoms with van der Waals surface area (Å²) in [4.78, 5) is 24.8. The van der Waals surface area contributed by atoms with Crippen molar-refractivity contribution in [3.8, 4) is 0 Å². The molecule has 7 heteroatoms. The summed E-state index contributed by atoms with van der Waals surface area (Å²) in [7, 11) is 0. The first-order chi connectivity index (χ1) is 7.16. The van der Waals surface area contributed by atoms with E-state index in [4.69, 9.17) is 10.5 Å². The van der Waals surface area contributed by atoms with Crippen LogP contribution in [0.3, 0.4) is 0 Å². The summed E-state index contributed by atoms with van der Waals surface area (Å²) in [5.74, 6) is -0.282. The van der Waals surface area contributed by atoms with Crippen molar-refractivity contribution in [2.24, 2.45) is 5.73 Å². The summed E-state index contributed by atoms with van der Waals surface area (Å²) in [5, 5.41) is 8.93. The molecule has 0 unspecified atom stereocenters. The number of rotatable bonds is 9. The quantitative estimate of drug-likeness (QED) is 0.258. The molecule has 88 valence electrons. The summed E-state index contributed by atoms with van der Waals surface area (Å²) in [6.45, 7) is 0.635. The summed E-state index contributed by atoms with van der Waals surface area (Å²) in [5.41, 5.74) is 5.14. The lowest BCUT2D eigenvalue weighted by atomic mass is 10.2. The zero-order valence-corrected chi connectivity index (χ0v) is 8.52. The predicted octanol–water partition coefficient (Wildman–Crippen LogP) is 0.257. The van der Waals surface area contributed by atoms with Gasteiger partial charge in [-0.1, -0.05) is 6.42 Å². The predicted molar refractivity (Wildman–Crippen MR) is 51.4 cm³/mol. The second-order valence-electron chi connectivity index (χ2n) is 2.88. The Morgan fingerprint density at radius 1 is 1.27 bits per heavy atom. The van der Waals surface area contributed by atoms with Gasteiger partial charge in [-0.2, -0.15) is 0 Å². The van der Waals surface area contributed by atoms with E-state index >= 15 is 0 Å². The van der Waals surface area contributed by atoms with Crippen LogP contribution in [-0.4, -0.2) is 30.8 Å². The molecule has 7 nitrogen and oxygen atoms in total. The molecular formula is C8H16N2O5. The molecule has 0 fully saturated rings. The van der Waals surface area contributed by atoms with Crippen LogP contribution < -0.4 is 5.73 Å². The van der Waals surface area contributed by atoms with E-state index in [0.717, 1.165) is 0 Å². The Morgan fingerprint density at radius 2 is 2.00 bits per heavy atom. The number of esters is 1. The number of hydrogen-bond acceptors (Lipinski definition) is 6. The van der Waals surface area contributed by atoms with Crippen LogP contribution in [0.1, 0.15) is 25.7 Å². The molecule has 0 aromatic rings. The second kappa shape index (κ2) is 9.20. The van der Waals surface area contributed by atoms with Crippen LogP contribution in [0.25, 0.3) is 0 Å². The van der Waals surface area contributed by atoms with Gasteiger partial charge in [0.1, 0.15) is 6.61 Å². The highest BCUT2D eigenvalue weighted by Gasteiger charge is 2.01. The van der Waals surface area contributed by atoms with E-state index in [1.807, 2.05) is 0 Å². The molecule has 2 N–H and O–H groups in total. The molecule has 0 saturated heterocycles. The Labute approximate surface area is 87.6 Å². The number of nitrogens with zero attached hydrogens (tertiary/aromatic N) is 1. The Balaban J connectivity index is 3.16. The van der Waals surface area contributed by atoms with E-state index < -0.39 is 5.09 Å². The lowest BCUT2D eigenvalue weighted by Gasteiger charge is -2.02. The largest absolute Gasteiger partial charge is 0.464 e. The third-order valence-corrected chi connectivity index (χ3v) is 1.60. The molecule has 0 aromatic carbocycles. The van der Waals surface area contributed by atoms with E-state index in [2.05, 4.69) is 4.84 Å². The smallest absolute Gasteiger partial charge is 0.305 e. The lowest BCUT2D eigenvalue weighted by Crippen LogP contribution is -2.13. The number of carbonyl (C=O) groups is 1. The summed E-state index contributed by atoms with van der Waals surface area (Å²) < 4.78 is 4.73. The molecular weight excluding hydrogens is 204 g/mol. The van der Waals surface area contributed by atoms with Crippen LogP contribution in [-0.2, 0) is 14.4 Å². The van der Waals surface area contributed by atoms with Crippen molar-refractivity contribution in [1.29, 1.82) is 0 Å².